The van der Waals surface area contributed by atoms with Crippen LogP contribution in [0.3, 0.4) is 0 Å². The maximum atomic E-state index is 13.1. The number of nitrogens with two attached hydrogens (primary N) is 1. The lowest BCUT2D eigenvalue weighted by Gasteiger charge is -2.36. The van der Waals surface area contributed by atoms with E-state index < -0.39 is 6.04 Å². The van der Waals surface area contributed by atoms with Gasteiger partial charge in [-0.1, -0.05) is 48.5 Å². The van der Waals surface area contributed by atoms with E-state index in [4.69, 9.17) is 10.5 Å². The second kappa shape index (κ2) is 11.7. The highest BCUT2D eigenvalue weighted by Gasteiger charge is 2.25. The van der Waals surface area contributed by atoms with Crippen molar-refractivity contribution < 1.29 is 9.53 Å². The molecular formula is C32H32N6O2. The number of piperazine rings is 1. The van der Waals surface area contributed by atoms with Gasteiger partial charge in [-0.3, -0.25) is 14.7 Å². The van der Waals surface area contributed by atoms with Gasteiger partial charge in [0.1, 0.15) is 17.1 Å². The average molecular weight is 533 g/mol. The van der Waals surface area contributed by atoms with Crippen molar-refractivity contribution in [3.63, 3.8) is 0 Å². The lowest BCUT2D eigenvalue weighted by Crippen LogP contribution is -2.53. The van der Waals surface area contributed by atoms with E-state index in [1.165, 1.54) is 5.56 Å². The summed E-state index contributed by atoms with van der Waals surface area (Å²) in [5.74, 6) is 1.41. The molecule has 3 N–H and O–H groups in total. The van der Waals surface area contributed by atoms with Gasteiger partial charge in [0.2, 0.25) is 5.91 Å². The molecule has 4 heterocycles. The summed E-state index contributed by atoms with van der Waals surface area (Å²) < 4.78 is 6.28. The summed E-state index contributed by atoms with van der Waals surface area (Å²) >= 11 is 0. The Kier molecular flexibility index (Phi) is 7.52. The summed E-state index contributed by atoms with van der Waals surface area (Å²) in [5.41, 5.74) is 11.4. The van der Waals surface area contributed by atoms with E-state index in [0.717, 1.165) is 47.4 Å². The lowest BCUT2D eigenvalue weighted by molar-refractivity contribution is -0.134. The van der Waals surface area contributed by atoms with Gasteiger partial charge in [-0.05, 0) is 41.8 Å². The number of benzene rings is 2. The van der Waals surface area contributed by atoms with Gasteiger partial charge in [0.15, 0.2) is 0 Å². The second-order valence-corrected chi connectivity index (χ2v) is 10.1. The molecule has 8 nitrogen and oxygen atoms in total. The first-order chi connectivity index (χ1) is 19.6. The monoisotopic (exact) mass is 532 g/mol. The topological polar surface area (TPSA) is 100 Å². The van der Waals surface area contributed by atoms with Gasteiger partial charge in [0.25, 0.3) is 0 Å². The Morgan fingerprint density at radius 1 is 0.925 bits per heavy atom. The number of pyridine rings is 2. The van der Waals surface area contributed by atoms with Crippen LogP contribution in [-0.4, -0.2) is 62.9 Å². The Bertz CT molecular complexity index is 1560. The molecule has 0 bridgehead atoms. The second-order valence-electron chi connectivity index (χ2n) is 10.1. The minimum Gasteiger partial charge on any atom is -0.457 e. The molecule has 0 aliphatic carbocycles. The van der Waals surface area contributed by atoms with Crippen LogP contribution in [0, 0.1) is 0 Å². The number of nitrogens with zero attached hydrogens (tertiary/aromatic N) is 4. The van der Waals surface area contributed by atoms with Gasteiger partial charge >= 0.3 is 0 Å². The van der Waals surface area contributed by atoms with E-state index >= 15 is 0 Å². The van der Waals surface area contributed by atoms with Crippen molar-refractivity contribution in [2.45, 2.75) is 19.0 Å². The molecule has 6 rings (SSSR count). The molecule has 202 valence electrons. The first-order valence-electron chi connectivity index (χ1n) is 13.6. The Labute approximate surface area is 233 Å². The number of aromatic nitrogens is 3. The number of fused-ring (bicyclic) bond motifs is 1. The van der Waals surface area contributed by atoms with E-state index in [2.05, 4.69) is 44.1 Å². The number of carbonyl (C=O) groups excluding carboxylic acids is 1. The maximum absolute atomic E-state index is 13.1. The Morgan fingerprint density at radius 2 is 1.73 bits per heavy atom. The largest absolute Gasteiger partial charge is 0.457 e. The van der Waals surface area contributed by atoms with Crippen LogP contribution in [0.25, 0.3) is 22.2 Å². The number of nitrogens with one attached hydrogen (secondary N) is 1. The van der Waals surface area contributed by atoms with Crippen LogP contribution >= 0.6 is 0 Å². The molecule has 0 spiro atoms. The fraction of sp³-hybridized carbons (Fsp3) is 0.219. The van der Waals surface area contributed by atoms with Gasteiger partial charge in [0.05, 0.1) is 11.4 Å². The number of amides is 1. The lowest BCUT2D eigenvalue weighted by atomic mass is 10.0. The van der Waals surface area contributed by atoms with Gasteiger partial charge in [-0.25, -0.2) is 4.98 Å². The quantitative estimate of drug-likeness (QED) is 0.302. The molecule has 0 radical (unpaired) electrons. The number of H-pyrrole nitrogens is 1. The molecule has 1 aliphatic rings. The molecule has 40 heavy (non-hydrogen) atoms. The third-order valence-electron chi connectivity index (χ3n) is 7.36. The molecule has 8 heteroatoms. The molecule has 3 aromatic heterocycles. The van der Waals surface area contributed by atoms with Gasteiger partial charge in [-0.15, -0.1) is 0 Å². The number of hydrogen-bond acceptors (Lipinski definition) is 6. The minimum absolute atomic E-state index is 0.00857. The van der Waals surface area contributed by atoms with Crippen molar-refractivity contribution in [3.8, 4) is 22.6 Å². The first-order valence-corrected chi connectivity index (χ1v) is 13.6. The zero-order chi connectivity index (χ0) is 27.3. The molecule has 1 aliphatic heterocycles. The van der Waals surface area contributed by atoms with Crippen LogP contribution in [0.2, 0.25) is 0 Å². The van der Waals surface area contributed by atoms with Crippen LogP contribution < -0.4 is 10.5 Å². The van der Waals surface area contributed by atoms with Crippen molar-refractivity contribution in [3.05, 3.63) is 109 Å². The van der Waals surface area contributed by atoms with Crippen LogP contribution in [0.5, 0.6) is 11.5 Å². The zero-order valence-electron chi connectivity index (χ0n) is 22.2. The van der Waals surface area contributed by atoms with Crippen molar-refractivity contribution >= 4 is 16.9 Å². The first kappa shape index (κ1) is 25.7. The van der Waals surface area contributed by atoms with E-state index in [1.54, 1.807) is 12.4 Å². The minimum atomic E-state index is -0.575. The smallest absolute Gasteiger partial charge is 0.239 e. The summed E-state index contributed by atoms with van der Waals surface area (Å²) in [7, 11) is 0. The normalized spacial score (nSPS) is 14.8. The fourth-order valence-corrected chi connectivity index (χ4v) is 5.23. The van der Waals surface area contributed by atoms with E-state index in [9.17, 15) is 4.79 Å². The van der Waals surface area contributed by atoms with Crippen molar-refractivity contribution in [1.29, 1.82) is 0 Å². The van der Waals surface area contributed by atoms with Crippen LogP contribution in [0.15, 0.2) is 97.6 Å². The van der Waals surface area contributed by atoms with Gasteiger partial charge in [-0.2, -0.15) is 0 Å². The standard InChI is InChI=1S/C32H32N6O2/c33-28(32(39)38-17-15-37(16-18-38)22-24-5-2-1-3-6-24)19-23-8-10-26(11-9-23)40-29-12-14-35-31-30(29)27(21-36-31)25-7-4-13-34-20-25/h1-14,20-21,28H,15-19,22,33H2,(H,35,36). The zero-order valence-corrected chi connectivity index (χ0v) is 22.2. The third-order valence-corrected chi connectivity index (χ3v) is 7.36. The van der Waals surface area contributed by atoms with Gasteiger partial charge < -0.3 is 20.4 Å². The molecule has 1 fully saturated rings. The van der Waals surface area contributed by atoms with Crippen LogP contribution in [0.1, 0.15) is 11.1 Å². The van der Waals surface area contributed by atoms with E-state index in [1.807, 2.05) is 65.8 Å². The maximum Gasteiger partial charge on any atom is 0.239 e. The fourth-order valence-electron chi connectivity index (χ4n) is 5.23. The summed E-state index contributed by atoms with van der Waals surface area (Å²) in [6, 6.07) is 23.4. The third kappa shape index (κ3) is 5.73. The summed E-state index contributed by atoms with van der Waals surface area (Å²) in [6.45, 7) is 4.01. The molecule has 1 unspecified atom stereocenters. The van der Waals surface area contributed by atoms with Crippen molar-refractivity contribution in [1.82, 2.24) is 24.8 Å². The highest BCUT2D eigenvalue weighted by Crippen LogP contribution is 2.36. The molecule has 5 aromatic rings. The summed E-state index contributed by atoms with van der Waals surface area (Å²) in [6.07, 6.45) is 7.70. The van der Waals surface area contributed by atoms with Gasteiger partial charge in [0, 0.05) is 68.6 Å². The Hall–Kier alpha value is -4.53. The average Bonchev–Trinajstić information content (AvgIpc) is 3.44. The number of carbonyl (C=O) groups is 1. The molecule has 0 saturated carbocycles. The number of hydrogen-bond donors (Lipinski definition) is 2. The van der Waals surface area contributed by atoms with Crippen LogP contribution in [0.4, 0.5) is 0 Å². The molecule has 2 aromatic carbocycles. The predicted octanol–water partition coefficient (Wildman–Crippen LogP) is 4.63. The Morgan fingerprint density at radius 3 is 2.48 bits per heavy atom. The van der Waals surface area contributed by atoms with Crippen molar-refractivity contribution in [2.75, 3.05) is 26.2 Å². The number of rotatable bonds is 8. The number of aromatic amines is 1. The summed E-state index contributed by atoms with van der Waals surface area (Å²) in [5, 5.41) is 0.899. The summed E-state index contributed by atoms with van der Waals surface area (Å²) in [4.78, 5) is 29.3. The predicted molar refractivity (Wildman–Crippen MR) is 156 cm³/mol. The number of ether oxygens (including phenoxy) is 1. The molecule has 1 saturated heterocycles. The SMILES string of the molecule is NC(Cc1ccc(Oc2ccnc3[nH]cc(-c4cccnc4)c23)cc1)C(=O)N1CCN(Cc2ccccc2)CC1. The van der Waals surface area contributed by atoms with E-state index in [0.29, 0.717) is 31.0 Å². The molecule has 1 atom stereocenters. The molecular weight excluding hydrogens is 500 g/mol. The highest BCUT2D eigenvalue weighted by atomic mass is 16.5. The molecule has 1 amide bonds. The van der Waals surface area contributed by atoms with E-state index in [-0.39, 0.29) is 5.91 Å². The Balaban J connectivity index is 1.06. The van der Waals surface area contributed by atoms with Crippen LogP contribution in [-0.2, 0) is 17.8 Å². The highest BCUT2D eigenvalue weighted by molar-refractivity contribution is 5.98. The van der Waals surface area contributed by atoms with Crippen molar-refractivity contribution in [2.24, 2.45) is 5.73 Å².